The lowest BCUT2D eigenvalue weighted by atomic mass is 10.1. The number of nitrogens with one attached hydrogen (secondary N) is 2. The Bertz CT molecular complexity index is 811. The minimum Gasteiger partial charge on any atom is -0.496 e. The Labute approximate surface area is 162 Å². The molecule has 0 saturated heterocycles. The summed E-state index contributed by atoms with van der Waals surface area (Å²) in [6.45, 7) is 4.21. The predicted molar refractivity (Wildman–Crippen MR) is 100 cm³/mol. The van der Waals surface area contributed by atoms with Crippen molar-refractivity contribution in [1.29, 1.82) is 0 Å². The van der Waals surface area contributed by atoms with Crippen LogP contribution in [0.2, 0.25) is 0 Å². The molecule has 0 fully saturated rings. The van der Waals surface area contributed by atoms with Crippen molar-refractivity contribution in [2.75, 3.05) is 13.7 Å². The third-order valence-corrected chi connectivity index (χ3v) is 3.80. The van der Waals surface area contributed by atoms with Gasteiger partial charge >= 0.3 is 0 Å². The van der Waals surface area contributed by atoms with Crippen molar-refractivity contribution in [2.24, 2.45) is 0 Å². The molecule has 0 saturated carbocycles. The number of halogens is 1. The van der Waals surface area contributed by atoms with E-state index in [4.69, 9.17) is 14.2 Å². The molecule has 0 aliphatic heterocycles. The number of amides is 2. The second-order valence-corrected chi connectivity index (χ2v) is 5.82. The Kier molecular flexibility index (Phi) is 7.76. The summed E-state index contributed by atoms with van der Waals surface area (Å²) >= 11 is 0. The van der Waals surface area contributed by atoms with Crippen LogP contribution in [0.1, 0.15) is 29.8 Å². The van der Waals surface area contributed by atoms with E-state index in [-0.39, 0.29) is 0 Å². The van der Waals surface area contributed by atoms with Crippen LogP contribution in [0.15, 0.2) is 42.5 Å². The molecule has 0 bridgehead atoms. The fraction of sp³-hybridized carbons (Fsp3) is 0.300. The Hall–Kier alpha value is -3.13. The van der Waals surface area contributed by atoms with E-state index in [9.17, 15) is 14.0 Å². The number of carbonyl (C=O) groups is 2. The lowest BCUT2D eigenvalue weighted by Crippen LogP contribution is -2.47. The van der Waals surface area contributed by atoms with E-state index in [1.165, 1.54) is 38.3 Å². The molecule has 0 unspecified atom stereocenters. The van der Waals surface area contributed by atoms with Crippen LogP contribution in [-0.4, -0.2) is 31.6 Å². The van der Waals surface area contributed by atoms with Gasteiger partial charge < -0.3 is 14.2 Å². The van der Waals surface area contributed by atoms with Crippen molar-refractivity contribution in [1.82, 2.24) is 10.9 Å². The SMILES string of the molecule is CCOCc1cc(C(=O)NNC(=O)[C@H](C)Oc2ccc(F)cc2)ccc1OC. The number of hydrazine groups is 1. The molecule has 7 nitrogen and oxygen atoms in total. The van der Waals surface area contributed by atoms with Crippen LogP contribution in [0.3, 0.4) is 0 Å². The average Bonchev–Trinajstić information content (AvgIpc) is 2.71. The fourth-order valence-corrected chi connectivity index (χ4v) is 2.31. The number of carbonyl (C=O) groups excluding carboxylic acids is 2. The molecule has 2 amide bonds. The van der Waals surface area contributed by atoms with Crippen molar-refractivity contribution in [3.8, 4) is 11.5 Å². The first kappa shape index (κ1) is 21.2. The highest BCUT2D eigenvalue weighted by atomic mass is 19.1. The number of ether oxygens (including phenoxy) is 3. The zero-order chi connectivity index (χ0) is 20.5. The van der Waals surface area contributed by atoms with Crippen molar-refractivity contribution in [2.45, 2.75) is 26.6 Å². The topological polar surface area (TPSA) is 85.9 Å². The summed E-state index contributed by atoms with van der Waals surface area (Å²) in [6, 6.07) is 10.1. The molecule has 2 N–H and O–H groups in total. The Morgan fingerprint density at radius 1 is 1.11 bits per heavy atom. The first-order valence-electron chi connectivity index (χ1n) is 8.71. The van der Waals surface area contributed by atoms with Gasteiger partial charge in [0.2, 0.25) is 0 Å². The van der Waals surface area contributed by atoms with E-state index in [1.54, 1.807) is 18.2 Å². The Morgan fingerprint density at radius 3 is 2.46 bits per heavy atom. The zero-order valence-corrected chi connectivity index (χ0v) is 16.0. The number of benzene rings is 2. The van der Waals surface area contributed by atoms with Crippen LogP contribution < -0.4 is 20.3 Å². The lowest BCUT2D eigenvalue weighted by Gasteiger charge is -2.15. The summed E-state index contributed by atoms with van der Waals surface area (Å²) < 4.78 is 28.9. The lowest BCUT2D eigenvalue weighted by molar-refractivity contribution is -0.128. The van der Waals surface area contributed by atoms with Crippen molar-refractivity contribution < 1.29 is 28.2 Å². The molecule has 28 heavy (non-hydrogen) atoms. The monoisotopic (exact) mass is 390 g/mol. The third kappa shape index (κ3) is 5.95. The molecule has 0 aliphatic carbocycles. The highest BCUT2D eigenvalue weighted by Crippen LogP contribution is 2.21. The van der Waals surface area contributed by atoms with E-state index in [2.05, 4.69) is 10.9 Å². The number of hydrogen-bond acceptors (Lipinski definition) is 5. The van der Waals surface area contributed by atoms with E-state index in [1.807, 2.05) is 6.92 Å². The van der Waals surface area contributed by atoms with Crippen LogP contribution in [0.25, 0.3) is 0 Å². The van der Waals surface area contributed by atoms with E-state index in [0.29, 0.717) is 30.3 Å². The molecule has 2 rings (SSSR count). The summed E-state index contributed by atoms with van der Waals surface area (Å²) in [5, 5.41) is 0. The normalized spacial score (nSPS) is 11.4. The van der Waals surface area contributed by atoms with E-state index >= 15 is 0 Å². The predicted octanol–water partition coefficient (Wildman–Crippen LogP) is 2.60. The van der Waals surface area contributed by atoms with Gasteiger partial charge in [0, 0.05) is 17.7 Å². The van der Waals surface area contributed by atoms with Gasteiger partial charge in [0.05, 0.1) is 13.7 Å². The summed E-state index contributed by atoms with van der Waals surface area (Å²) in [7, 11) is 1.53. The largest absolute Gasteiger partial charge is 0.496 e. The van der Waals surface area contributed by atoms with Crippen molar-refractivity contribution in [3.05, 3.63) is 59.4 Å². The highest BCUT2D eigenvalue weighted by molar-refractivity contribution is 5.96. The Morgan fingerprint density at radius 2 is 1.82 bits per heavy atom. The van der Waals surface area contributed by atoms with Crippen molar-refractivity contribution in [3.63, 3.8) is 0 Å². The molecule has 2 aromatic rings. The van der Waals surface area contributed by atoms with Crippen LogP contribution in [-0.2, 0) is 16.1 Å². The average molecular weight is 390 g/mol. The molecule has 0 radical (unpaired) electrons. The molecular formula is C20H23FN2O5. The van der Waals surface area contributed by atoms with Crippen LogP contribution >= 0.6 is 0 Å². The van der Waals surface area contributed by atoms with Gasteiger partial charge in [0.15, 0.2) is 6.10 Å². The molecule has 0 spiro atoms. The second kappa shape index (κ2) is 10.3. The minimum absolute atomic E-state index is 0.301. The summed E-state index contributed by atoms with van der Waals surface area (Å²) in [5.74, 6) is -0.509. The van der Waals surface area contributed by atoms with Crippen LogP contribution in [0.4, 0.5) is 4.39 Å². The number of hydrogen-bond donors (Lipinski definition) is 2. The summed E-state index contributed by atoms with van der Waals surface area (Å²) in [5.41, 5.74) is 5.69. The summed E-state index contributed by atoms with van der Waals surface area (Å²) in [6.07, 6.45) is -0.893. The summed E-state index contributed by atoms with van der Waals surface area (Å²) in [4.78, 5) is 24.4. The molecule has 8 heteroatoms. The molecular weight excluding hydrogens is 367 g/mol. The molecule has 2 aromatic carbocycles. The van der Waals surface area contributed by atoms with Gasteiger partial charge in [-0.25, -0.2) is 4.39 Å². The van der Waals surface area contributed by atoms with Gasteiger partial charge in [0.25, 0.3) is 11.8 Å². The standard InChI is InChI=1S/C20H23FN2O5/c1-4-27-12-15-11-14(5-10-18(15)26-3)20(25)23-22-19(24)13(2)28-17-8-6-16(21)7-9-17/h5-11,13H,4,12H2,1-3H3,(H,22,24)(H,23,25)/t13-/m0/s1. The van der Waals surface area contributed by atoms with Crippen LogP contribution in [0, 0.1) is 5.82 Å². The molecule has 0 heterocycles. The number of rotatable bonds is 8. The Balaban J connectivity index is 1.93. The van der Waals surface area contributed by atoms with E-state index < -0.39 is 23.7 Å². The molecule has 0 aromatic heterocycles. The van der Waals surface area contributed by atoms with Crippen molar-refractivity contribution >= 4 is 11.8 Å². The maximum absolute atomic E-state index is 12.9. The minimum atomic E-state index is -0.893. The second-order valence-electron chi connectivity index (χ2n) is 5.82. The first-order chi connectivity index (χ1) is 13.4. The maximum Gasteiger partial charge on any atom is 0.279 e. The third-order valence-electron chi connectivity index (χ3n) is 3.80. The van der Waals surface area contributed by atoms with Gasteiger partial charge in [-0.2, -0.15) is 0 Å². The fourth-order valence-electron chi connectivity index (χ4n) is 2.31. The smallest absolute Gasteiger partial charge is 0.279 e. The molecule has 150 valence electrons. The highest BCUT2D eigenvalue weighted by Gasteiger charge is 2.17. The quantitative estimate of drug-likeness (QED) is 0.677. The van der Waals surface area contributed by atoms with Gasteiger partial charge in [-0.05, 0) is 56.3 Å². The van der Waals surface area contributed by atoms with Crippen LogP contribution in [0.5, 0.6) is 11.5 Å². The molecule has 0 aliphatic rings. The number of methoxy groups -OCH3 is 1. The zero-order valence-electron chi connectivity index (χ0n) is 16.0. The van der Waals surface area contributed by atoms with E-state index in [0.717, 1.165) is 5.56 Å². The van der Waals surface area contributed by atoms with Gasteiger partial charge in [-0.1, -0.05) is 0 Å². The molecule has 1 atom stereocenters. The van der Waals surface area contributed by atoms with Gasteiger partial charge in [-0.15, -0.1) is 0 Å². The first-order valence-corrected chi connectivity index (χ1v) is 8.71. The maximum atomic E-state index is 12.9. The van der Waals surface area contributed by atoms with Gasteiger partial charge in [-0.3, -0.25) is 20.4 Å². The van der Waals surface area contributed by atoms with Gasteiger partial charge in [0.1, 0.15) is 17.3 Å².